The van der Waals surface area contributed by atoms with Crippen molar-refractivity contribution in [3.8, 4) is 44.5 Å². The minimum absolute atomic E-state index is 0.253. The fraction of sp³-hybridized carbons (Fsp3) is 0.250. The minimum atomic E-state index is -0.424. The number of likely N-dealkylation sites (N-methyl/N-ethyl adjacent to an activating group) is 4. The van der Waals surface area contributed by atoms with E-state index in [9.17, 15) is 19.2 Å². The third-order valence-electron chi connectivity index (χ3n) is 13.5. The Morgan fingerprint density at radius 2 is 0.550 bits per heavy atom. The molecule has 7 aromatic rings. The first-order valence-electron chi connectivity index (χ1n) is 26.5. The molecular formula is C64H66N8O8. The minimum Gasteiger partial charge on any atom is -0.461 e. The van der Waals surface area contributed by atoms with Gasteiger partial charge < -0.3 is 48.5 Å². The van der Waals surface area contributed by atoms with Crippen molar-refractivity contribution in [2.45, 2.75) is 0 Å². The van der Waals surface area contributed by atoms with Gasteiger partial charge in [0.1, 0.15) is 26.4 Å². The summed E-state index contributed by atoms with van der Waals surface area (Å²) in [6.45, 7) is 3.40. The fourth-order valence-electron chi connectivity index (χ4n) is 9.13. The molecule has 410 valence electrons. The molecular weight excluding hydrogens is 1010 g/mol. The summed E-state index contributed by atoms with van der Waals surface area (Å²) in [7, 11) is 15.4. The van der Waals surface area contributed by atoms with Gasteiger partial charge >= 0.3 is 23.9 Å². The number of aromatic nitrogens is 4. The lowest BCUT2D eigenvalue weighted by Crippen LogP contribution is -2.20. The molecule has 8 bridgehead atoms. The Bertz CT molecular complexity index is 3460. The number of carbonyl (C=O) groups excluding carboxylic acids is 4. The van der Waals surface area contributed by atoms with Crippen molar-refractivity contribution in [2.24, 2.45) is 0 Å². The summed E-state index contributed by atoms with van der Waals surface area (Å²) in [5.74, 6) is -1.68. The van der Waals surface area contributed by atoms with Crippen LogP contribution in [0.5, 0.6) is 0 Å². The number of nitrogens with one attached hydrogen (secondary N) is 2. The van der Waals surface area contributed by atoms with Crippen LogP contribution in [0.2, 0.25) is 0 Å². The molecule has 0 radical (unpaired) electrons. The lowest BCUT2D eigenvalue weighted by atomic mass is 10.0. The number of esters is 4. The van der Waals surface area contributed by atoms with Gasteiger partial charge in [0.05, 0.1) is 45.0 Å². The Balaban J connectivity index is 1.28. The predicted molar refractivity (Wildman–Crippen MR) is 316 cm³/mol. The number of ether oxygens (including phenoxy) is 4. The molecule has 16 nitrogen and oxygen atoms in total. The summed E-state index contributed by atoms with van der Waals surface area (Å²) in [4.78, 5) is 79.0. The fourth-order valence-corrected chi connectivity index (χ4v) is 9.13. The standard InChI is InChI=1S/C64H66N8O8/c1-69(2)33-37-77-61(73)45-17-9-41(10-18-45)57-49-25-27-51(65-49)58(42-11-19-46(20-12-42)62(74)78-38-34-70(3)4)53-29-31-55(67-53)60(44-15-23-48(24-16-44)64(76)80-40-36-72(7)8)56-32-30-54(68-56)59(52-28-26-50(57)66-52)43-13-21-47(22-14-43)63(75)79-39-35-71(5)6/h9-32,65-66H,33-40H2,1-8H3. The number of fused-ring (bicyclic) bond motifs is 8. The zero-order chi connectivity index (χ0) is 56.5. The second-order valence-corrected chi connectivity index (χ2v) is 20.6. The van der Waals surface area contributed by atoms with Crippen LogP contribution in [0.25, 0.3) is 90.9 Å². The number of carbonyl (C=O) groups is 4. The van der Waals surface area contributed by atoms with Gasteiger partial charge in [-0.2, -0.15) is 0 Å². The van der Waals surface area contributed by atoms with Crippen LogP contribution in [0.15, 0.2) is 121 Å². The van der Waals surface area contributed by atoms with E-state index >= 15 is 0 Å². The van der Waals surface area contributed by atoms with Crippen LogP contribution in [-0.2, 0) is 18.9 Å². The van der Waals surface area contributed by atoms with Crippen molar-refractivity contribution in [1.29, 1.82) is 0 Å². The second-order valence-electron chi connectivity index (χ2n) is 20.6. The van der Waals surface area contributed by atoms with Gasteiger partial charge in [-0.15, -0.1) is 0 Å². The highest BCUT2D eigenvalue weighted by Gasteiger charge is 2.22. The molecule has 0 amide bonds. The lowest BCUT2D eigenvalue weighted by molar-refractivity contribution is 0.0472. The maximum absolute atomic E-state index is 13.2. The van der Waals surface area contributed by atoms with E-state index in [4.69, 9.17) is 28.9 Å². The molecule has 0 spiro atoms. The summed E-state index contributed by atoms with van der Waals surface area (Å²) in [6.07, 6.45) is 7.86. The normalized spacial score (nSPS) is 11.9. The number of nitrogens with zero attached hydrogens (tertiary/aromatic N) is 6. The summed E-state index contributed by atoms with van der Waals surface area (Å²) >= 11 is 0. The molecule has 4 aromatic carbocycles. The Kier molecular flexibility index (Phi) is 17.7. The molecule has 0 fully saturated rings. The van der Waals surface area contributed by atoms with E-state index in [0.717, 1.165) is 61.0 Å². The smallest absolute Gasteiger partial charge is 0.338 e. The first-order valence-corrected chi connectivity index (χ1v) is 26.5. The van der Waals surface area contributed by atoms with Crippen LogP contribution < -0.4 is 0 Å². The lowest BCUT2D eigenvalue weighted by Gasteiger charge is -2.11. The van der Waals surface area contributed by atoms with Gasteiger partial charge in [-0.1, -0.05) is 48.5 Å². The van der Waals surface area contributed by atoms with Crippen LogP contribution in [0, 0.1) is 0 Å². The van der Waals surface area contributed by atoms with Crippen molar-refractivity contribution < 1.29 is 38.1 Å². The summed E-state index contributed by atoms with van der Waals surface area (Å²) in [5, 5.41) is 0. The predicted octanol–water partition coefficient (Wildman–Crippen LogP) is 10.2. The van der Waals surface area contributed by atoms with Crippen LogP contribution in [0.3, 0.4) is 0 Å². The third kappa shape index (κ3) is 13.4. The Morgan fingerprint density at radius 3 is 0.812 bits per heavy atom. The number of H-pyrrole nitrogens is 2. The number of benzene rings is 4. The summed E-state index contributed by atoms with van der Waals surface area (Å²) < 4.78 is 22.4. The van der Waals surface area contributed by atoms with Crippen molar-refractivity contribution in [2.75, 3.05) is 109 Å². The molecule has 0 unspecified atom stereocenters. The molecule has 2 aliphatic heterocycles. The van der Waals surface area contributed by atoms with E-state index in [1.54, 1.807) is 48.5 Å². The van der Waals surface area contributed by atoms with Gasteiger partial charge in [0.25, 0.3) is 0 Å². The topological polar surface area (TPSA) is 176 Å². The molecule has 2 aliphatic rings. The molecule has 16 heteroatoms. The third-order valence-corrected chi connectivity index (χ3v) is 13.5. The van der Waals surface area contributed by atoms with Crippen molar-refractivity contribution in [3.05, 3.63) is 166 Å². The number of hydrogen-bond donors (Lipinski definition) is 2. The molecule has 0 saturated heterocycles. The number of rotatable bonds is 20. The first kappa shape index (κ1) is 55.9. The highest BCUT2D eigenvalue weighted by molar-refractivity contribution is 6.02. The van der Waals surface area contributed by atoms with Crippen molar-refractivity contribution in [1.82, 2.24) is 39.5 Å². The van der Waals surface area contributed by atoms with Crippen LogP contribution >= 0.6 is 0 Å². The van der Waals surface area contributed by atoms with E-state index in [1.807, 2.05) is 173 Å². The zero-order valence-corrected chi connectivity index (χ0v) is 46.5. The molecule has 0 aliphatic carbocycles. The van der Waals surface area contributed by atoms with Crippen LogP contribution in [0.4, 0.5) is 0 Å². The average Bonchev–Trinajstić information content (AvgIpc) is 4.31. The summed E-state index contributed by atoms with van der Waals surface area (Å²) in [5.41, 5.74) is 13.4. The molecule has 0 saturated carbocycles. The van der Waals surface area contributed by atoms with E-state index in [0.29, 0.717) is 76.8 Å². The quantitative estimate of drug-likeness (QED) is 0.0545. The Morgan fingerprint density at radius 1 is 0.325 bits per heavy atom. The first-order chi connectivity index (χ1) is 38.6. The van der Waals surface area contributed by atoms with Crippen molar-refractivity contribution in [3.63, 3.8) is 0 Å². The molecule has 80 heavy (non-hydrogen) atoms. The van der Waals surface area contributed by atoms with Gasteiger partial charge in [0.2, 0.25) is 0 Å². The van der Waals surface area contributed by atoms with Crippen LogP contribution in [0.1, 0.15) is 64.2 Å². The zero-order valence-electron chi connectivity index (χ0n) is 46.5. The van der Waals surface area contributed by atoms with Gasteiger partial charge in [0.15, 0.2) is 0 Å². The molecule has 0 atom stereocenters. The average molecular weight is 1080 g/mol. The Hall–Kier alpha value is -8.80. The highest BCUT2D eigenvalue weighted by Crippen LogP contribution is 2.39. The van der Waals surface area contributed by atoms with E-state index in [-0.39, 0.29) is 26.4 Å². The SMILES string of the molecule is CN(C)CCOC(=O)c1ccc(-c2c3nc(c(-c4ccc(C(=O)OCCN(C)C)cc4)c4ccc([nH]4)c(-c4ccc(C(=O)OCCN(C)C)cc4)c4ccc([nH]4)c(-c4ccc(C(=O)OCCN(C)C)cc4)c4nc2C=C4)C=C3)cc1. The number of hydrogen-bond acceptors (Lipinski definition) is 14. The van der Waals surface area contributed by atoms with Crippen LogP contribution in [-0.4, -0.2) is 172 Å². The van der Waals surface area contributed by atoms with Gasteiger partial charge in [0, 0.05) is 70.5 Å². The summed E-state index contributed by atoms with van der Waals surface area (Å²) in [6, 6.07) is 37.3. The van der Waals surface area contributed by atoms with E-state index in [2.05, 4.69) is 9.97 Å². The largest absolute Gasteiger partial charge is 0.461 e. The second kappa shape index (κ2) is 25.3. The molecule has 3 aromatic heterocycles. The molecule has 9 rings (SSSR count). The van der Waals surface area contributed by atoms with Crippen molar-refractivity contribution >= 4 is 70.2 Å². The monoisotopic (exact) mass is 1070 g/mol. The Labute approximate surface area is 465 Å². The maximum Gasteiger partial charge on any atom is 0.338 e. The molecule has 5 heterocycles. The van der Waals surface area contributed by atoms with Gasteiger partial charge in [-0.25, -0.2) is 29.1 Å². The van der Waals surface area contributed by atoms with E-state index < -0.39 is 23.9 Å². The van der Waals surface area contributed by atoms with E-state index in [1.165, 1.54) is 0 Å². The maximum atomic E-state index is 13.2. The van der Waals surface area contributed by atoms with Gasteiger partial charge in [-0.05, 0) is 176 Å². The molecule has 2 N–H and O–H groups in total. The highest BCUT2D eigenvalue weighted by atomic mass is 16.5. The van der Waals surface area contributed by atoms with Gasteiger partial charge in [-0.3, -0.25) is 0 Å². The number of aromatic amines is 2.